The van der Waals surface area contributed by atoms with Crippen LogP contribution in [0.2, 0.25) is 0 Å². The van der Waals surface area contributed by atoms with Gasteiger partial charge in [-0.15, -0.1) is 0 Å². The summed E-state index contributed by atoms with van der Waals surface area (Å²) in [5.74, 6) is 1.66. The quantitative estimate of drug-likeness (QED) is 0.655. The van der Waals surface area contributed by atoms with Crippen LogP contribution in [0.3, 0.4) is 0 Å². The van der Waals surface area contributed by atoms with Gasteiger partial charge in [0.1, 0.15) is 0 Å². The Morgan fingerprint density at radius 3 is 2.62 bits per heavy atom. The lowest BCUT2D eigenvalue weighted by Crippen LogP contribution is -2.25. The molecule has 2 heterocycles. The summed E-state index contributed by atoms with van der Waals surface area (Å²) in [5.41, 5.74) is 0. The number of ether oxygens (including phenoxy) is 1. The van der Waals surface area contributed by atoms with Crippen LogP contribution in [-0.4, -0.2) is 26.4 Å². The molecule has 0 aromatic heterocycles. The average molecular weight is 223 g/mol. The number of rotatable bonds is 2. The first-order chi connectivity index (χ1) is 6.04. The van der Waals surface area contributed by atoms with E-state index in [4.69, 9.17) is 15.4 Å². The summed E-state index contributed by atoms with van der Waals surface area (Å²) in [6.07, 6.45) is 2.69. The Morgan fingerprint density at radius 2 is 2.08 bits per heavy atom. The molecule has 1 saturated carbocycles. The molecular weight excluding hydrogens is 212 g/mol. The van der Waals surface area contributed by atoms with Crippen LogP contribution in [0.5, 0.6) is 0 Å². The Bertz CT molecular complexity index is 339. The van der Waals surface area contributed by atoms with Crippen molar-refractivity contribution in [1.82, 2.24) is 0 Å². The van der Waals surface area contributed by atoms with Gasteiger partial charge in [0.2, 0.25) is 9.05 Å². The molecule has 0 aromatic rings. The van der Waals surface area contributed by atoms with Crippen LogP contribution in [0.1, 0.15) is 12.8 Å². The molecule has 3 rings (SSSR count). The summed E-state index contributed by atoms with van der Waals surface area (Å²) in [6.45, 7) is 0. The molecule has 2 saturated heterocycles. The molecule has 3 aliphatic rings. The second-order valence-electron chi connectivity index (χ2n) is 4.40. The monoisotopic (exact) mass is 222 g/mol. The van der Waals surface area contributed by atoms with E-state index in [-0.39, 0.29) is 17.8 Å². The maximum atomic E-state index is 10.9. The third kappa shape index (κ3) is 1.30. The molecule has 0 spiro atoms. The Hall–Kier alpha value is 0.200. The molecule has 0 amide bonds. The van der Waals surface area contributed by atoms with E-state index in [2.05, 4.69) is 0 Å². The standard InChI is InChI=1S/C8H11ClO3S/c9-13(10,11)3-4-1-7-5-2-6(5)8(4)12-7/h4-8H,1-3H2/t4-,5+,6-,7-,8+/m0/s1. The highest BCUT2D eigenvalue weighted by molar-refractivity contribution is 8.13. The van der Waals surface area contributed by atoms with Crippen LogP contribution < -0.4 is 0 Å². The third-order valence-corrected chi connectivity index (χ3v) is 4.74. The number of hydrogen-bond acceptors (Lipinski definition) is 3. The zero-order valence-corrected chi connectivity index (χ0v) is 8.59. The Morgan fingerprint density at radius 1 is 1.31 bits per heavy atom. The van der Waals surface area contributed by atoms with Crippen molar-refractivity contribution in [3.8, 4) is 0 Å². The maximum Gasteiger partial charge on any atom is 0.232 e. The normalized spacial score (nSPS) is 52.2. The fourth-order valence-corrected chi connectivity index (χ4v) is 4.31. The SMILES string of the molecule is O=S(=O)(Cl)C[C@@H]1C[C@@H]2O[C@H]1[C@H]1C[C@H]12. The first kappa shape index (κ1) is 8.50. The summed E-state index contributed by atoms with van der Waals surface area (Å²) in [5, 5.41) is 0. The van der Waals surface area contributed by atoms with Crippen molar-refractivity contribution >= 4 is 19.7 Å². The molecule has 5 atom stereocenters. The Kier molecular flexibility index (Phi) is 1.58. The lowest BCUT2D eigenvalue weighted by molar-refractivity contribution is 0.0635. The second-order valence-corrected chi connectivity index (χ2v) is 7.23. The molecular formula is C8H11ClO3S. The van der Waals surface area contributed by atoms with E-state index in [1.54, 1.807) is 0 Å². The first-order valence-electron chi connectivity index (χ1n) is 4.62. The highest BCUT2D eigenvalue weighted by Crippen LogP contribution is 2.60. The van der Waals surface area contributed by atoms with Crippen molar-refractivity contribution in [2.24, 2.45) is 17.8 Å². The van der Waals surface area contributed by atoms with Gasteiger partial charge in [-0.1, -0.05) is 0 Å². The van der Waals surface area contributed by atoms with Gasteiger partial charge in [-0.05, 0) is 24.7 Å². The van der Waals surface area contributed by atoms with Crippen molar-refractivity contribution in [2.75, 3.05) is 5.75 Å². The zero-order valence-electron chi connectivity index (χ0n) is 7.02. The van der Waals surface area contributed by atoms with Crippen LogP contribution in [0.15, 0.2) is 0 Å². The summed E-state index contributed by atoms with van der Waals surface area (Å²) in [6, 6.07) is 0. The van der Waals surface area contributed by atoms with E-state index in [1.807, 2.05) is 0 Å². The molecule has 0 radical (unpaired) electrons. The predicted octanol–water partition coefficient (Wildman–Crippen LogP) is 0.978. The molecule has 1 aliphatic carbocycles. The van der Waals surface area contributed by atoms with Crippen LogP contribution in [0.25, 0.3) is 0 Å². The van der Waals surface area contributed by atoms with E-state index in [9.17, 15) is 8.42 Å². The largest absolute Gasteiger partial charge is 0.374 e. The fraction of sp³-hybridized carbons (Fsp3) is 1.00. The Labute approximate surface area is 81.8 Å². The smallest absolute Gasteiger partial charge is 0.232 e. The van der Waals surface area contributed by atoms with E-state index >= 15 is 0 Å². The van der Waals surface area contributed by atoms with E-state index in [1.165, 1.54) is 6.42 Å². The molecule has 0 aromatic carbocycles. The van der Waals surface area contributed by atoms with Crippen LogP contribution in [0.4, 0.5) is 0 Å². The highest BCUT2D eigenvalue weighted by Gasteiger charge is 2.62. The lowest BCUT2D eigenvalue weighted by Gasteiger charge is -2.16. The molecule has 2 aliphatic heterocycles. The molecule has 3 nitrogen and oxygen atoms in total. The number of hydrogen-bond donors (Lipinski definition) is 0. The Balaban J connectivity index is 1.75. The van der Waals surface area contributed by atoms with Gasteiger partial charge in [0, 0.05) is 16.6 Å². The zero-order chi connectivity index (χ0) is 9.22. The fourth-order valence-electron chi connectivity index (χ4n) is 2.99. The van der Waals surface area contributed by atoms with Crippen LogP contribution in [-0.2, 0) is 13.8 Å². The third-order valence-electron chi connectivity index (χ3n) is 3.54. The number of fused-ring (bicyclic) bond motifs is 5. The summed E-state index contributed by atoms with van der Waals surface area (Å²) >= 11 is 0. The van der Waals surface area contributed by atoms with E-state index in [0.717, 1.165) is 12.3 Å². The molecule has 2 bridgehead atoms. The minimum absolute atomic E-state index is 0.0962. The summed E-state index contributed by atoms with van der Waals surface area (Å²) in [7, 11) is 1.89. The van der Waals surface area contributed by atoms with Gasteiger partial charge >= 0.3 is 0 Å². The van der Waals surface area contributed by atoms with Gasteiger partial charge in [-0.3, -0.25) is 0 Å². The van der Waals surface area contributed by atoms with Crippen LogP contribution in [0, 0.1) is 17.8 Å². The molecule has 13 heavy (non-hydrogen) atoms. The number of halogens is 1. The first-order valence-corrected chi connectivity index (χ1v) is 7.10. The van der Waals surface area contributed by atoms with Crippen molar-refractivity contribution in [3.63, 3.8) is 0 Å². The van der Waals surface area contributed by atoms with Crippen LogP contribution >= 0.6 is 10.7 Å². The topological polar surface area (TPSA) is 43.4 Å². The van der Waals surface area contributed by atoms with Gasteiger partial charge < -0.3 is 4.74 Å². The van der Waals surface area contributed by atoms with E-state index in [0.29, 0.717) is 12.0 Å². The van der Waals surface area contributed by atoms with E-state index < -0.39 is 9.05 Å². The molecule has 0 N–H and O–H groups in total. The maximum absolute atomic E-state index is 10.9. The summed E-state index contributed by atoms with van der Waals surface area (Å²) in [4.78, 5) is 0. The summed E-state index contributed by atoms with van der Waals surface area (Å²) < 4.78 is 27.5. The second kappa shape index (κ2) is 2.41. The van der Waals surface area contributed by atoms with Gasteiger partial charge in [0.25, 0.3) is 0 Å². The average Bonchev–Trinajstić information content (AvgIpc) is 2.59. The molecule has 3 fully saturated rings. The highest BCUT2D eigenvalue weighted by atomic mass is 35.7. The predicted molar refractivity (Wildman–Crippen MR) is 48.0 cm³/mol. The van der Waals surface area contributed by atoms with Crippen molar-refractivity contribution in [2.45, 2.75) is 25.0 Å². The molecule has 5 heteroatoms. The molecule has 74 valence electrons. The van der Waals surface area contributed by atoms with Gasteiger partial charge in [-0.2, -0.15) is 0 Å². The lowest BCUT2D eigenvalue weighted by atomic mass is 9.91. The van der Waals surface area contributed by atoms with Crippen molar-refractivity contribution in [3.05, 3.63) is 0 Å². The molecule has 0 unspecified atom stereocenters. The van der Waals surface area contributed by atoms with Crippen molar-refractivity contribution < 1.29 is 13.2 Å². The van der Waals surface area contributed by atoms with Gasteiger partial charge in [-0.25, -0.2) is 8.42 Å². The minimum atomic E-state index is -3.34. The minimum Gasteiger partial charge on any atom is -0.374 e. The van der Waals surface area contributed by atoms with Gasteiger partial charge in [0.05, 0.1) is 18.0 Å². The van der Waals surface area contributed by atoms with Gasteiger partial charge in [0.15, 0.2) is 0 Å². The van der Waals surface area contributed by atoms with Crippen molar-refractivity contribution in [1.29, 1.82) is 0 Å².